The highest BCUT2D eigenvalue weighted by Gasteiger charge is 2.34. The van der Waals surface area contributed by atoms with Gasteiger partial charge in [0.15, 0.2) is 16.4 Å². The molecule has 1 amide bonds. The zero-order valence-corrected chi connectivity index (χ0v) is 15.2. The fraction of sp³-hybridized carbons (Fsp3) is 0.562. The van der Waals surface area contributed by atoms with Gasteiger partial charge in [-0.2, -0.15) is 13.2 Å². The Morgan fingerprint density at radius 2 is 1.96 bits per heavy atom. The molecule has 1 aromatic carbocycles. The zero-order valence-electron chi connectivity index (χ0n) is 14.4. The third-order valence-corrected chi connectivity index (χ3v) is 5.86. The number of likely N-dealkylation sites (N-methyl/N-ethyl adjacent to an activating group) is 1. The quantitative estimate of drug-likeness (QED) is 0.800. The van der Waals surface area contributed by atoms with Crippen LogP contribution in [0.1, 0.15) is 13.3 Å². The first-order valence-corrected chi connectivity index (χ1v) is 9.82. The van der Waals surface area contributed by atoms with Crippen molar-refractivity contribution in [3.8, 4) is 5.75 Å². The molecule has 1 heterocycles. The lowest BCUT2D eigenvalue weighted by molar-refractivity contribution is -0.153. The number of nitrogens with one attached hydrogen (secondary N) is 1. The maximum atomic E-state index is 12.4. The minimum atomic E-state index is -4.41. The fourth-order valence-electron chi connectivity index (χ4n) is 2.69. The van der Waals surface area contributed by atoms with E-state index in [0.717, 1.165) is 0 Å². The van der Waals surface area contributed by atoms with Crippen LogP contribution in [0.3, 0.4) is 0 Å². The largest absolute Gasteiger partial charge is 0.484 e. The first-order chi connectivity index (χ1) is 12.0. The van der Waals surface area contributed by atoms with Gasteiger partial charge in [-0.25, -0.2) is 8.42 Å². The first kappa shape index (κ1) is 20.3. The molecule has 0 aliphatic carbocycles. The number of ether oxygens (including phenoxy) is 1. The molecule has 1 saturated heterocycles. The number of sulfone groups is 1. The Bertz CT molecular complexity index is 735. The highest BCUT2D eigenvalue weighted by molar-refractivity contribution is 7.91. The summed E-state index contributed by atoms with van der Waals surface area (Å²) in [5.74, 6) is -0.145. The summed E-state index contributed by atoms with van der Waals surface area (Å²) < 4.78 is 64.0. The van der Waals surface area contributed by atoms with Crippen LogP contribution in [0.15, 0.2) is 24.3 Å². The summed E-state index contributed by atoms with van der Waals surface area (Å²) in [4.78, 5) is 13.9. The number of anilines is 1. The third-order valence-electron chi connectivity index (χ3n) is 4.11. The van der Waals surface area contributed by atoms with Crippen LogP contribution in [0.25, 0.3) is 0 Å². The van der Waals surface area contributed by atoms with E-state index in [1.54, 1.807) is 14.0 Å². The molecule has 0 radical (unpaired) electrons. The molecular weight excluding hydrogens is 373 g/mol. The molecule has 146 valence electrons. The summed E-state index contributed by atoms with van der Waals surface area (Å²) in [6.45, 7) is 0.264. The summed E-state index contributed by atoms with van der Waals surface area (Å²) in [5, 5.41) is 2.95. The molecule has 26 heavy (non-hydrogen) atoms. The van der Waals surface area contributed by atoms with Crippen LogP contribution in [0.4, 0.5) is 18.9 Å². The van der Waals surface area contributed by atoms with Gasteiger partial charge in [0.25, 0.3) is 0 Å². The van der Waals surface area contributed by atoms with Gasteiger partial charge in [0.2, 0.25) is 5.91 Å². The molecule has 2 atom stereocenters. The van der Waals surface area contributed by atoms with Gasteiger partial charge in [-0.15, -0.1) is 0 Å². The fourth-order valence-corrected chi connectivity index (χ4v) is 4.46. The van der Waals surface area contributed by atoms with Gasteiger partial charge in [0, 0.05) is 18.8 Å². The van der Waals surface area contributed by atoms with E-state index in [0.29, 0.717) is 12.1 Å². The molecule has 2 unspecified atom stereocenters. The maximum absolute atomic E-state index is 12.4. The molecule has 10 heteroatoms. The number of alkyl halides is 3. The maximum Gasteiger partial charge on any atom is 0.422 e. The second kappa shape index (κ2) is 7.73. The summed E-state index contributed by atoms with van der Waals surface area (Å²) in [7, 11) is -1.52. The van der Waals surface area contributed by atoms with Crippen molar-refractivity contribution < 1.29 is 31.1 Å². The highest BCUT2D eigenvalue weighted by atomic mass is 32.2. The van der Waals surface area contributed by atoms with E-state index in [4.69, 9.17) is 0 Å². The van der Waals surface area contributed by atoms with Gasteiger partial charge in [-0.3, -0.25) is 4.79 Å². The number of nitrogens with zero attached hydrogens (tertiary/aromatic N) is 1. The van der Waals surface area contributed by atoms with Gasteiger partial charge in [-0.05, 0) is 37.6 Å². The summed E-state index contributed by atoms with van der Waals surface area (Å²) in [6.07, 6.45) is -3.99. The Morgan fingerprint density at radius 1 is 1.35 bits per heavy atom. The average Bonchev–Trinajstić information content (AvgIpc) is 2.92. The van der Waals surface area contributed by atoms with E-state index >= 15 is 0 Å². The molecule has 6 nitrogen and oxygen atoms in total. The number of halogens is 3. The van der Waals surface area contributed by atoms with Crippen LogP contribution in [0.5, 0.6) is 5.75 Å². The lowest BCUT2D eigenvalue weighted by Crippen LogP contribution is -2.45. The summed E-state index contributed by atoms with van der Waals surface area (Å²) >= 11 is 0. The summed E-state index contributed by atoms with van der Waals surface area (Å²) in [5.41, 5.74) is 0.539. The average molecular weight is 394 g/mol. The Kier molecular flexibility index (Phi) is 6.05. The van der Waals surface area contributed by atoms with Crippen LogP contribution in [0, 0.1) is 0 Å². The predicted molar refractivity (Wildman–Crippen MR) is 90.9 cm³/mol. The number of hydrogen-bond donors (Lipinski definition) is 1. The highest BCUT2D eigenvalue weighted by Crippen LogP contribution is 2.21. The first-order valence-electron chi connectivity index (χ1n) is 8.00. The number of carbonyl (C=O) groups is 1. The smallest absolute Gasteiger partial charge is 0.422 e. The van der Waals surface area contributed by atoms with Gasteiger partial charge < -0.3 is 15.0 Å². The van der Waals surface area contributed by atoms with E-state index in [2.05, 4.69) is 10.1 Å². The van der Waals surface area contributed by atoms with Crippen LogP contribution in [-0.4, -0.2) is 62.6 Å². The van der Waals surface area contributed by atoms with Crippen LogP contribution < -0.4 is 10.1 Å². The van der Waals surface area contributed by atoms with Crippen molar-refractivity contribution in [1.29, 1.82) is 0 Å². The Balaban J connectivity index is 1.90. The lowest BCUT2D eigenvalue weighted by atomic mass is 10.2. The van der Waals surface area contributed by atoms with Crippen LogP contribution >= 0.6 is 0 Å². The molecule has 0 bridgehead atoms. The molecular formula is C16H21F3N2O4S. The van der Waals surface area contributed by atoms with Crippen molar-refractivity contribution in [1.82, 2.24) is 4.90 Å². The van der Waals surface area contributed by atoms with Crippen LogP contribution in [-0.2, 0) is 14.6 Å². The number of carbonyl (C=O) groups excluding carboxylic acids is 1. The van der Waals surface area contributed by atoms with E-state index in [-0.39, 0.29) is 29.2 Å². The van der Waals surface area contributed by atoms with E-state index < -0.39 is 28.7 Å². The molecule has 1 N–H and O–H groups in total. The van der Waals surface area contributed by atoms with E-state index in [1.165, 1.54) is 29.2 Å². The predicted octanol–water partition coefficient (Wildman–Crippen LogP) is 2.07. The van der Waals surface area contributed by atoms with Gasteiger partial charge >= 0.3 is 6.18 Å². The molecule has 1 fully saturated rings. The Hall–Kier alpha value is -1.97. The Labute approximate surface area is 150 Å². The van der Waals surface area contributed by atoms with Gasteiger partial charge in [-0.1, -0.05) is 0 Å². The second-order valence-corrected chi connectivity index (χ2v) is 8.53. The third kappa shape index (κ3) is 5.79. The molecule has 1 aliphatic heterocycles. The standard InChI is InChI=1S/C16H21F3N2O4S/c1-11(15(22)21(2)13-7-8-26(23,24)9-13)20-12-3-5-14(6-4-12)25-10-16(17,18)19/h3-6,11,13,20H,7-10H2,1-2H3. The Morgan fingerprint density at radius 3 is 2.46 bits per heavy atom. The minimum absolute atomic E-state index is 0.0345. The molecule has 0 aromatic heterocycles. The number of amides is 1. The number of rotatable bonds is 6. The van der Waals surface area contributed by atoms with Crippen LogP contribution in [0.2, 0.25) is 0 Å². The lowest BCUT2D eigenvalue weighted by Gasteiger charge is -2.27. The van der Waals surface area contributed by atoms with Crippen molar-refractivity contribution in [2.24, 2.45) is 0 Å². The number of hydrogen-bond acceptors (Lipinski definition) is 5. The SMILES string of the molecule is CC(Nc1ccc(OCC(F)(F)F)cc1)C(=O)N(C)C1CCS(=O)(=O)C1. The van der Waals surface area contributed by atoms with Crippen molar-refractivity contribution in [3.63, 3.8) is 0 Å². The molecule has 0 saturated carbocycles. The van der Waals surface area contributed by atoms with Crippen molar-refractivity contribution in [3.05, 3.63) is 24.3 Å². The monoisotopic (exact) mass is 394 g/mol. The van der Waals surface area contributed by atoms with Gasteiger partial charge in [0.1, 0.15) is 11.8 Å². The second-order valence-electron chi connectivity index (χ2n) is 6.30. The molecule has 2 rings (SSSR count). The van der Waals surface area contributed by atoms with Crippen molar-refractivity contribution in [2.75, 3.05) is 30.5 Å². The minimum Gasteiger partial charge on any atom is -0.484 e. The molecule has 1 aromatic rings. The van der Waals surface area contributed by atoms with E-state index in [1.807, 2.05) is 0 Å². The molecule has 1 aliphatic rings. The van der Waals surface area contributed by atoms with Crippen molar-refractivity contribution in [2.45, 2.75) is 31.6 Å². The molecule has 0 spiro atoms. The zero-order chi connectivity index (χ0) is 19.5. The number of benzene rings is 1. The van der Waals surface area contributed by atoms with Crippen molar-refractivity contribution >= 4 is 21.4 Å². The van der Waals surface area contributed by atoms with Gasteiger partial charge in [0.05, 0.1) is 11.5 Å². The normalized spacial score (nSPS) is 20.4. The summed E-state index contributed by atoms with van der Waals surface area (Å²) in [6, 6.07) is 4.81. The van der Waals surface area contributed by atoms with E-state index in [9.17, 15) is 26.4 Å². The topological polar surface area (TPSA) is 75.7 Å².